The summed E-state index contributed by atoms with van der Waals surface area (Å²) in [7, 11) is -18.0. The molecule has 1 fully saturated rings. The normalized spacial score (nSPS) is 14.7. The van der Waals surface area contributed by atoms with Crippen LogP contribution in [0.15, 0.2) is 30.3 Å². The molecule has 16 heteroatoms. The Morgan fingerprint density at radius 1 is 0.536 bits per heavy atom. The van der Waals surface area contributed by atoms with Gasteiger partial charge in [-0.2, -0.15) is 0 Å². The Bertz CT molecular complexity index is 425. The van der Waals surface area contributed by atoms with Crippen LogP contribution in [0.4, 0.5) is 51.8 Å². The van der Waals surface area contributed by atoms with Crippen LogP contribution >= 0.6 is 0 Å². The molecule has 0 nitrogen and oxygen atoms in total. The van der Waals surface area contributed by atoms with E-state index in [1.165, 1.54) is 32.1 Å². The summed E-state index contributed by atoms with van der Waals surface area (Å²) in [6, 6.07) is 11.0. The SMILES string of the molecule is F[B-](F)(F)F.F[B-](F)(F)F.F[B-](F)(F)F.[KH].c1ccc(C2CCCCC2)cc1. The quantitative estimate of drug-likeness (QED) is 0.313. The van der Waals surface area contributed by atoms with E-state index in [1.807, 2.05) is 0 Å². The largest absolute Gasteiger partial charge is 0.0622 e. The van der Waals surface area contributed by atoms with Crippen molar-refractivity contribution in [1.82, 2.24) is 0 Å². The summed E-state index contributed by atoms with van der Waals surface area (Å²) < 4.78 is 117. The molecule has 0 bridgehead atoms. The van der Waals surface area contributed by atoms with Gasteiger partial charge in [0.05, 0.1) is 0 Å². The second-order valence-electron chi connectivity index (χ2n) is 5.23. The molecule has 1 saturated carbocycles. The van der Waals surface area contributed by atoms with Crippen molar-refractivity contribution in [2.75, 3.05) is 0 Å². The number of halogens is 12. The number of hydrogen-bond donors (Lipinski definition) is 0. The summed E-state index contributed by atoms with van der Waals surface area (Å²) in [5.41, 5.74) is 1.55. The van der Waals surface area contributed by atoms with E-state index in [0.717, 1.165) is 5.92 Å². The predicted octanol–water partition coefficient (Wildman–Crippen LogP) is 6.99. The zero-order chi connectivity index (χ0) is 21.7. The van der Waals surface area contributed by atoms with Crippen LogP contribution in [0.1, 0.15) is 43.6 Å². The summed E-state index contributed by atoms with van der Waals surface area (Å²) in [6.07, 6.45) is 7.12. The minimum atomic E-state index is -6.00. The van der Waals surface area contributed by atoms with Crippen LogP contribution in [0.5, 0.6) is 0 Å². The minimum Gasteiger partial charge on any atom is -0.0622 e. The van der Waals surface area contributed by atoms with E-state index in [0.29, 0.717) is 0 Å². The maximum absolute atomic E-state index is 9.75. The van der Waals surface area contributed by atoms with E-state index in [2.05, 4.69) is 30.3 Å². The van der Waals surface area contributed by atoms with E-state index < -0.39 is 21.8 Å². The van der Waals surface area contributed by atoms with Crippen LogP contribution in [-0.4, -0.2) is 73.1 Å². The van der Waals surface area contributed by atoms with Crippen molar-refractivity contribution in [3.63, 3.8) is 0 Å². The molecular weight excluding hydrogens is 444 g/mol. The Balaban J connectivity index is -0.000000334. The zero-order valence-electron chi connectivity index (χ0n) is 13.8. The Morgan fingerprint density at radius 3 is 1.11 bits per heavy atom. The summed E-state index contributed by atoms with van der Waals surface area (Å²) in [5, 5.41) is 0. The fourth-order valence-electron chi connectivity index (χ4n) is 2.16. The topological polar surface area (TPSA) is 0 Å². The fraction of sp³-hybridized carbons (Fsp3) is 0.500. The zero-order valence-corrected chi connectivity index (χ0v) is 13.8. The summed E-state index contributed by atoms with van der Waals surface area (Å²) in [4.78, 5) is 0. The second kappa shape index (κ2) is 16.0. The Kier molecular flexibility index (Phi) is 18.7. The molecule has 1 aliphatic carbocycles. The molecule has 0 radical (unpaired) electrons. The van der Waals surface area contributed by atoms with E-state index in [9.17, 15) is 51.8 Å². The van der Waals surface area contributed by atoms with Crippen molar-refractivity contribution >= 4 is 73.1 Å². The average molecular weight is 461 g/mol. The van der Waals surface area contributed by atoms with Gasteiger partial charge in [0, 0.05) is 0 Å². The Labute approximate surface area is 197 Å². The van der Waals surface area contributed by atoms with Gasteiger partial charge in [0.2, 0.25) is 0 Å². The van der Waals surface area contributed by atoms with Crippen molar-refractivity contribution in [1.29, 1.82) is 0 Å². The average Bonchev–Trinajstić information content (AvgIpc) is 2.44. The number of rotatable bonds is 1. The van der Waals surface area contributed by atoms with E-state index >= 15 is 0 Å². The third kappa shape index (κ3) is 40.8. The van der Waals surface area contributed by atoms with Crippen molar-refractivity contribution in [2.24, 2.45) is 0 Å². The summed E-state index contributed by atoms with van der Waals surface area (Å²) in [5.74, 6) is 0.861. The van der Waals surface area contributed by atoms with Crippen LogP contribution in [0.3, 0.4) is 0 Å². The van der Waals surface area contributed by atoms with Gasteiger partial charge >= 0.3 is 73.1 Å². The molecule has 1 aromatic rings. The van der Waals surface area contributed by atoms with Crippen molar-refractivity contribution < 1.29 is 51.8 Å². The molecule has 162 valence electrons. The first-order chi connectivity index (χ1) is 12.0. The van der Waals surface area contributed by atoms with Crippen LogP contribution in [0.25, 0.3) is 0 Å². The molecule has 28 heavy (non-hydrogen) atoms. The molecule has 0 heterocycles. The van der Waals surface area contributed by atoms with Gasteiger partial charge in [-0.15, -0.1) is 0 Å². The van der Waals surface area contributed by atoms with E-state index in [-0.39, 0.29) is 51.4 Å². The predicted molar refractivity (Wildman–Crippen MR) is 90.0 cm³/mol. The molecule has 0 atom stereocenters. The van der Waals surface area contributed by atoms with Crippen LogP contribution < -0.4 is 0 Å². The maximum Gasteiger partial charge on any atom is -0.0162 e. The summed E-state index contributed by atoms with van der Waals surface area (Å²) in [6.45, 7) is 0. The van der Waals surface area contributed by atoms with Gasteiger partial charge < -0.3 is 51.8 Å². The molecule has 0 amide bonds. The maximum atomic E-state index is 9.75. The molecule has 1 aromatic carbocycles. The molecule has 1 aliphatic rings. The van der Waals surface area contributed by atoms with Gasteiger partial charge in [0.15, 0.2) is 0 Å². The molecule has 0 aliphatic heterocycles. The summed E-state index contributed by atoms with van der Waals surface area (Å²) >= 11 is 0. The van der Waals surface area contributed by atoms with E-state index in [1.54, 1.807) is 5.56 Å². The number of hydrogen-bond acceptors (Lipinski definition) is 0. The molecule has 0 spiro atoms. The second-order valence-corrected chi connectivity index (χ2v) is 5.23. The van der Waals surface area contributed by atoms with Gasteiger partial charge in [-0.25, -0.2) is 0 Å². The van der Waals surface area contributed by atoms with E-state index in [4.69, 9.17) is 0 Å². The molecule has 0 unspecified atom stereocenters. The number of benzene rings is 1. The first-order valence-corrected chi connectivity index (χ1v) is 7.63. The third-order valence-electron chi connectivity index (χ3n) is 2.88. The van der Waals surface area contributed by atoms with Crippen molar-refractivity contribution in [3.8, 4) is 0 Å². The minimum absolute atomic E-state index is 0. The van der Waals surface area contributed by atoms with Gasteiger partial charge in [-0.05, 0) is 24.3 Å². The Morgan fingerprint density at radius 2 is 0.821 bits per heavy atom. The first-order valence-electron chi connectivity index (χ1n) is 7.63. The smallest absolute Gasteiger partial charge is 0.0162 e. The van der Waals surface area contributed by atoms with Gasteiger partial charge in [-0.3, -0.25) is 0 Å². The van der Waals surface area contributed by atoms with Crippen LogP contribution in [-0.2, 0) is 0 Å². The van der Waals surface area contributed by atoms with Crippen molar-refractivity contribution in [3.05, 3.63) is 35.9 Å². The molecule has 0 aromatic heterocycles. The standard InChI is InChI=1S/C12H16.3BF4.K.H/c1-3-7-11(8-4-1)12-9-5-2-6-10-12;3*2-1(3,4)5;;/h1,3-4,7-8,12H,2,5-6,9-10H2;;;;;/q;3*-1;;. The molecule has 0 saturated heterocycles. The van der Waals surface area contributed by atoms with Gasteiger partial charge in [0.1, 0.15) is 0 Å². The Hall–Kier alpha value is 0.211. The third-order valence-corrected chi connectivity index (χ3v) is 2.88. The molecular formula is C12H17B3F12K-3. The monoisotopic (exact) mass is 461 g/mol. The van der Waals surface area contributed by atoms with Crippen LogP contribution in [0, 0.1) is 0 Å². The molecule has 0 N–H and O–H groups in total. The molecule has 2 rings (SSSR count). The van der Waals surface area contributed by atoms with Gasteiger partial charge in [-0.1, -0.05) is 49.6 Å². The van der Waals surface area contributed by atoms with Crippen LogP contribution in [0.2, 0.25) is 0 Å². The van der Waals surface area contributed by atoms with Crippen molar-refractivity contribution in [2.45, 2.75) is 38.0 Å². The fourth-order valence-corrected chi connectivity index (χ4v) is 2.16. The van der Waals surface area contributed by atoms with Gasteiger partial charge in [0.25, 0.3) is 0 Å². The first kappa shape index (κ1) is 32.9.